The average molecular weight is 273 g/mol. The number of nitrogens with zero attached hydrogens (tertiary/aromatic N) is 2. The van der Waals surface area contributed by atoms with Crippen LogP contribution in [0.2, 0.25) is 0 Å². The molecule has 2 rings (SSSR count). The number of nitrogens with one attached hydrogen (secondary N) is 2. The minimum atomic E-state index is -0.228. The molecule has 0 saturated heterocycles. The van der Waals surface area contributed by atoms with Gasteiger partial charge in [0.25, 0.3) is 5.91 Å². The molecule has 0 radical (unpaired) electrons. The molecule has 0 aliphatic rings. The van der Waals surface area contributed by atoms with Crippen molar-refractivity contribution in [3.05, 3.63) is 41.3 Å². The molecule has 0 atom stereocenters. The summed E-state index contributed by atoms with van der Waals surface area (Å²) in [5, 5.41) is 9.77. The summed E-state index contributed by atoms with van der Waals surface area (Å²) in [6.07, 6.45) is 1.57. The van der Waals surface area contributed by atoms with E-state index in [0.29, 0.717) is 23.6 Å². The van der Waals surface area contributed by atoms with E-state index >= 15 is 0 Å². The highest BCUT2D eigenvalue weighted by molar-refractivity contribution is 6.03. The van der Waals surface area contributed by atoms with Crippen LogP contribution in [0.1, 0.15) is 42.5 Å². The monoisotopic (exact) mass is 273 g/mol. The van der Waals surface area contributed by atoms with E-state index in [1.807, 2.05) is 6.07 Å². The molecule has 2 aromatic heterocycles. The van der Waals surface area contributed by atoms with Crippen molar-refractivity contribution in [2.45, 2.75) is 32.7 Å². The molecule has 0 aromatic carbocycles. The molecule has 4 N–H and O–H groups in total. The first kappa shape index (κ1) is 14.2. The number of hydrogen-bond acceptors (Lipinski definition) is 4. The standard InChI is InChI=1S/C14H19N5O/c1-14(2,3)11-7-12(19-18-11)17-13(20)9-4-5-16-10(6-9)8-15/h4-7H,8,15H2,1-3H3,(H2,17,18,19,20). The Morgan fingerprint density at radius 1 is 1.40 bits per heavy atom. The second-order valence-electron chi connectivity index (χ2n) is 5.61. The highest BCUT2D eigenvalue weighted by Crippen LogP contribution is 2.22. The van der Waals surface area contributed by atoms with Crippen LogP contribution in [0.4, 0.5) is 5.82 Å². The maximum absolute atomic E-state index is 12.1. The molecule has 20 heavy (non-hydrogen) atoms. The Morgan fingerprint density at radius 3 is 2.75 bits per heavy atom. The Morgan fingerprint density at radius 2 is 2.15 bits per heavy atom. The maximum atomic E-state index is 12.1. The summed E-state index contributed by atoms with van der Waals surface area (Å²) in [5.41, 5.74) is 7.62. The maximum Gasteiger partial charge on any atom is 0.256 e. The number of aromatic nitrogens is 3. The molecule has 1 amide bonds. The van der Waals surface area contributed by atoms with Gasteiger partial charge in [0, 0.05) is 35.5 Å². The Balaban J connectivity index is 2.13. The van der Waals surface area contributed by atoms with Gasteiger partial charge in [-0.15, -0.1) is 0 Å². The molecule has 0 bridgehead atoms. The molecule has 0 fully saturated rings. The number of carbonyl (C=O) groups is 1. The predicted molar refractivity (Wildman–Crippen MR) is 77.4 cm³/mol. The van der Waals surface area contributed by atoms with E-state index in [1.165, 1.54) is 0 Å². The van der Waals surface area contributed by atoms with Gasteiger partial charge in [0.2, 0.25) is 0 Å². The molecule has 0 aliphatic carbocycles. The molecule has 6 nitrogen and oxygen atoms in total. The third-order valence-electron chi connectivity index (χ3n) is 2.92. The van der Waals surface area contributed by atoms with Gasteiger partial charge >= 0.3 is 0 Å². The summed E-state index contributed by atoms with van der Waals surface area (Å²) in [6.45, 7) is 6.52. The van der Waals surface area contributed by atoms with Gasteiger partial charge < -0.3 is 11.1 Å². The van der Waals surface area contributed by atoms with Gasteiger partial charge in [-0.25, -0.2) is 0 Å². The summed E-state index contributed by atoms with van der Waals surface area (Å²) in [5.74, 6) is 0.278. The van der Waals surface area contributed by atoms with Crippen molar-refractivity contribution in [2.24, 2.45) is 5.73 Å². The number of pyridine rings is 1. The lowest BCUT2D eigenvalue weighted by molar-refractivity contribution is 0.102. The first-order valence-corrected chi connectivity index (χ1v) is 6.42. The van der Waals surface area contributed by atoms with Crippen LogP contribution in [0, 0.1) is 0 Å². The summed E-state index contributed by atoms with van der Waals surface area (Å²) in [6, 6.07) is 5.15. The Bertz CT molecular complexity index is 612. The van der Waals surface area contributed by atoms with Crippen LogP contribution >= 0.6 is 0 Å². The van der Waals surface area contributed by atoms with E-state index in [2.05, 4.69) is 41.3 Å². The number of nitrogens with two attached hydrogens (primary N) is 1. The smallest absolute Gasteiger partial charge is 0.256 e. The summed E-state index contributed by atoms with van der Waals surface area (Å²) in [4.78, 5) is 16.2. The van der Waals surface area contributed by atoms with E-state index < -0.39 is 0 Å². The van der Waals surface area contributed by atoms with Crippen LogP contribution in [0.15, 0.2) is 24.4 Å². The molecule has 0 saturated carbocycles. The first-order valence-electron chi connectivity index (χ1n) is 6.42. The number of anilines is 1. The number of amides is 1. The molecule has 2 aromatic rings. The highest BCUT2D eigenvalue weighted by atomic mass is 16.1. The number of carbonyl (C=O) groups excluding carboxylic acids is 1. The third kappa shape index (κ3) is 3.21. The topological polar surface area (TPSA) is 96.7 Å². The van der Waals surface area contributed by atoms with Gasteiger partial charge in [-0.05, 0) is 12.1 Å². The van der Waals surface area contributed by atoms with E-state index in [-0.39, 0.29) is 11.3 Å². The van der Waals surface area contributed by atoms with Crippen molar-refractivity contribution in [1.29, 1.82) is 0 Å². The Hall–Kier alpha value is -2.21. The summed E-state index contributed by atoms with van der Waals surface area (Å²) >= 11 is 0. The predicted octanol–water partition coefficient (Wildman–Crippen LogP) is 1.81. The first-order chi connectivity index (χ1) is 9.40. The number of aromatic amines is 1. The lowest BCUT2D eigenvalue weighted by atomic mass is 9.92. The van der Waals surface area contributed by atoms with E-state index in [4.69, 9.17) is 5.73 Å². The van der Waals surface area contributed by atoms with Crippen molar-refractivity contribution in [1.82, 2.24) is 15.2 Å². The quantitative estimate of drug-likeness (QED) is 0.794. The zero-order chi connectivity index (χ0) is 14.8. The van der Waals surface area contributed by atoms with Crippen LogP contribution in [0.5, 0.6) is 0 Å². The number of H-pyrrole nitrogens is 1. The molecule has 2 heterocycles. The van der Waals surface area contributed by atoms with Gasteiger partial charge in [0.05, 0.1) is 5.69 Å². The largest absolute Gasteiger partial charge is 0.325 e. The van der Waals surface area contributed by atoms with Crippen molar-refractivity contribution < 1.29 is 4.79 Å². The fraction of sp³-hybridized carbons (Fsp3) is 0.357. The van der Waals surface area contributed by atoms with Crippen LogP contribution in [-0.2, 0) is 12.0 Å². The molecule has 106 valence electrons. The van der Waals surface area contributed by atoms with Crippen molar-refractivity contribution in [2.75, 3.05) is 5.32 Å². The third-order valence-corrected chi connectivity index (χ3v) is 2.92. The Labute approximate surface area is 117 Å². The fourth-order valence-corrected chi connectivity index (χ4v) is 1.69. The second-order valence-corrected chi connectivity index (χ2v) is 5.61. The lowest BCUT2D eigenvalue weighted by Crippen LogP contribution is -2.13. The summed E-state index contributed by atoms with van der Waals surface area (Å²) < 4.78 is 0. The van der Waals surface area contributed by atoms with Crippen LogP contribution in [0.25, 0.3) is 0 Å². The minimum Gasteiger partial charge on any atom is -0.325 e. The zero-order valence-corrected chi connectivity index (χ0v) is 11.9. The van der Waals surface area contributed by atoms with Gasteiger partial charge in [-0.1, -0.05) is 20.8 Å². The van der Waals surface area contributed by atoms with Gasteiger partial charge in [0.15, 0.2) is 5.82 Å². The van der Waals surface area contributed by atoms with Crippen LogP contribution in [0.3, 0.4) is 0 Å². The van der Waals surface area contributed by atoms with Crippen LogP contribution in [-0.4, -0.2) is 21.1 Å². The normalized spacial score (nSPS) is 11.4. The van der Waals surface area contributed by atoms with E-state index in [1.54, 1.807) is 18.3 Å². The zero-order valence-electron chi connectivity index (χ0n) is 11.9. The Kier molecular flexibility index (Phi) is 3.85. The molecule has 0 unspecified atom stereocenters. The van der Waals surface area contributed by atoms with E-state index in [0.717, 1.165) is 5.69 Å². The number of rotatable bonds is 3. The van der Waals surface area contributed by atoms with Gasteiger partial charge in [-0.3, -0.25) is 14.9 Å². The average Bonchev–Trinajstić information content (AvgIpc) is 2.87. The molecule has 0 spiro atoms. The second kappa shape index (κ2) is 5.42. The van der Waals surface area contributed by atoms with E-state index in [9.17, 15) is 4.79 Å². The highest BCUT2D eigenvalue weighted by Gasteiger charge is 2.17. The fourth-order valence-electron chi connectivity index (χ4n) is 1.69. The van der Waals surface area contributed by atoms with Crippen molar-refractivity contribution >= 4 is 11.7 Å². The molecular weight excluding hydrogens is 254 g/mol. The van der Waals surface area contributed by atoms with Gasteiger partial charge in [-0.2, -0.15) is 5.10 Å². The molecule has 6 heteroatoms. The summed E-state index contributed by atoms with van der Waals surface area (Å²) in [7, 11) is 0. The minimum absolute atomic E-state index is 0.0423. The van der Waals surface area contributed by atoms with Crippen molar-refractivity contribution in [3.8, 4) is 0 Å². The molecule has 0 aliphatic heterocycles. The lowest BCUT2D eigenvalue weighted by Gasteiger charge is -2.14. The van der Waals surface area contributed by atoms with Crippen molar-refractivity contribution in [3.63, 3.8) is 0 Å². The molecular formula is C14H19N5O. The number of hydrogen-bond donors (Lipinski definition) is 3. The van der Waals surface area contributed by atoms with Gasteiger partial charge in [0.1, 0.15) is 0 Å². The SMILES string of the molecule is CC(C)(C)c1cc(NC(=O)c2ccnc(CN)c2)n[nH]1. The van der Waals surface area contributed by atoms with Crippen LogP contribution < -0.4 is 11.1 Å².